The number of carbonyl (C=O) groups is 1. The Balaban J connectivity index is 1.95. The number of ether oxygens (including phenoxy) is 1. The lowest BCUT2D eigenvalue weighted by atomic mass is 10.2. The maximum atomic E-state index is 12.9. The van der Waals surface area contributed by atoms with Gasteiger partial charge in [-0.3, -0.25) is 4.90 Å². The molecule has 0 aromatic heterocycles. The fourth-order valence-electron chi connectivity index (χ4n) is 3.03. The molecule has 29 heavy (non-hydrogen) atoms. The van der Waals surface area contributed by atoms with Crippen LogP contribution in [0.3, 0.4) is 0 Å². The number of rotatable bonds is 5. The van der Waals surface area contributed by atoms with Crippen LogP contribution in [0.5, 0.6) is 0 Å². The van der Waals surface area contributed by atoms with Gasteiger partial charge in [0, 0.05) is 39.9 Å². The number of amides is 2. The second-order valence-electron chi connectivity index (χ2n) is 6.89. The van der Waals surface area contributed by atoms with Crippen LogP contribution >= 0.6 is 0 Å². The summed E-state index contributed by atoms with van der Waals surface area (Å²) in [5, 5.41) is 2.88. The molecular formula is C20H26N4O4S. The molecule has 156 valence electrons. The number of nitrogens with one attached hydrogen (secondary N) is 1. The van der Waals surface area contributed by atoms with Crippen LogP contribution in [0.4, 0.5) is 21.9 Å². The van der Waals surface area contributed by atoms with Crippen molar-refractivity contribution in [2.45, 2.75) is 4.90 Å². The summed E-state index contributed by atoms with van der Waals surface area (Å²) in [6.07, 6.45) is 0. The first-order valence-electron chi connectivity index (χ1n) is 9.30. The second-order valence-corrected chi connectivity index (χ2v) is 9.04. The molecule has 0 spiro atoms. The number of hydrogen-bond donors (Lipinski definition) is 1. The molecule has 0 unspecified atom stereocenters. The Hall–Kier alpha value is -2.62. The molecule has 8 nitrogen and oxygen atoms in total. The highest BCUT2D eigenvalue weighted by atomic mass is 32.2. The minimum atomic E-state index is -3.63. The van der Waals surface area contributed by atoms with Gasteiger partial charge in [-0.2, -0.15) is 0 Å². The Morgan fingerprint density at radius 1 is 1.03 bits per heavy atom. The predicted octanol–water partition coefficient (Wildman–Crippen LogP) is 2.44. The zero-order valence-corrected chi connectivity index (χ0v) is 17.6. The number of sulfonamides is 1. The monoisotopic (exact) mass is 418 g/mol. The first kappa shape index (κ1) is 21.1. The van der Waals surface area contributed by atoms with Crippen molar-refractivity contribution in [3.05, 3.63) is 48.5 Å². The lowest BCUT2D eigenvalue weighted by Gasteiger charge is -2.31. The molecule has 2 aromatic carbocycles. The van der Waals surface area contributed by atoms with Crippen molar-refractivity contribution in [1.29, 1.82) is 0 Å². The van der Waals surface area contributed by atoms with E-state index < -0.39 is 10.0 Å². The second kappa shape index (κ2) is 8.81. The molecule has 0 atom stereocenters. The molecule has 3 rings (SSSR count). The van der Waals surface area contributed by atoms with E-state index in [1.165, 1.54) is 25.1 Å². The standard InChI is InChI=1S/C20H26N4O4S/c1-22(2)29(26,27)17-9-10-19(24-11-13-28-14-12-24)18(15-17)21-20(25)23(3)16-7-5-4-6-8-16/h4-10,15H,11-14H2,1-3H3,(H,21,25). The topological polar surface area (TPSA) is 82.2 Å². The third-order valence-corrected chi connectivity index (χ3v) is 6.60. The number of hydrogen-bond acceptors (Lipinski definition) is 5. The van der Waals surface area contributed by atoms with Gasteiger partial charge in [-0.1, -0.05) is 18.2 Å². The van der Waals surface area contributed by atoms with Gasteiger partial charge in [-0.25, -0.2) is 17.5 Å². The molecule has 1 heterocycles. The van der Waals surface area contributed by atoms with Gasteiger partial charge < -0.3 is 15.0 Å². The van der Waals surface area contributed by atoms with Crippen LogP contribution < -0.4 is 15.1 Å². The smallest absolute Gasteiger partial charge is 0.326 e. The lowest BCUT2D eigenvalue weighted by molar-refractivity contribution is 0.123. The molecule has 1 aliphatic rings. The lowest BCUT2D eigenvalue weighted by Crippen LogP contribution is -2.37. The van der Waals surface area contributed by atoms with Crippen LogP contribution in [0.25, 0.3) is 0 Å². The van der Waals surface area contributed by atoms with Gasteiger partial charge >= 0.3 is 6.03 Å². The molecule has 1 aliphatic heterocycles. The van der Waals surface area contributed by atoms with Gasteiger partial charge in [-0.15, -0.1) is 0 Å². The third kappa shape index (κ3) is 4.69. The van der Waals surface area contributed by atoms with E-state index >= 15 is 0 Å². The van der Waals surface area contributed by atoms with Crippen molar-refractivity contribution in [1.82, 2.24) is 4.31 Å². The van der Waals surface area contributed by atoms with Crippen LogP contribution in [0.1, 0.15) is 0 Å². The summed E-state index contributed by atoms with van der Waals surface area (Å²) in [6, 6.07) is 13.7. The van der Waals surface area contributed by atoms with E-state index in [4.69, 9.17) is 4.74 Å². The Labute approximate surface area is 171 Å². The highest BCUT2D eigenvalue weighted by Gasteiger charge is 2.23. The Morgan fingerprint density at radius 2 is 1.69 bits per heavy atom. The largest absolute Gasteiger partial charge is 0.378 e. The van der Waals surface area contributed by atoms with Gasteiger partial charge in [0.05, 0.1) is 29.5 Å². The highest BCUT2D eigenvalue weighted by molar-refractivity contribution is 7.89. The molecule has 9 heteroatoms. The fraction of sp³-hybridized carbons (Fsp3) is 0.350. The molecule has 0 aliphatic carbocycles. The average molecular weight is 419 g/mol. The van der Waals surface area contributed by atoms with Gasteiger partial charge in [0.25, 0.3) is 0 Å². The van der Waals surface area contributed by atoms with Gasteiger partial charge in [0.15, 0.2) is 0 Å². The number of para-hydroxylation sites is 1. The highest BCUT2D eigenvalue weighted by Crippen LogP contribution is 2.31. The summed E-state index contributed by atoms with van der Waals surface area (Å²) >= 11 is 0. The zero-order valence-electron chi connectivity index (χ0n) is 16.8. The maximum Gasteiger partial charge on any atom is 0.326 e. The summed E-state index contributed by atoms with van der Waals surface area (Å²) in [6.45, 7) is 2.48. The average Bonchev–Trinajstić information content (AvgIpc) is 2.74. The van der Waals surface area contributed by atoms with E-state index in [0.29, 0.717) is 32.0 Å². The van der Waals surface area contributed by atoms with Crippen LogP contribution in [-0.2, 0) is 14.8 Å². The first-order valence-corrected chi connectivity index (χ1v) is 10.7. The van der Waals surface area contributed by atoms with E-state index in [1.54, 1.807) is 19.2 Å². The van der Waals surface area contributed by atoms with Gasteiger partial charge in [0.1, 0.15) is 0 Å². The van der Waals surface area contributed by atoms with Crippen LogP contribution in [-0.4, -0.2) is 66.2 Å². The van der Waals surface area contributed by atoms with Crippen molar-refractivity contribution >= 4 is 33.1 Å². The summed E-state index contributed by atoms with van der Waals surface area (Å²) in [5.74, 6) is 0. The van der Waals surface area contributed by atoms with Crippen molar-refractivity contribution < 1.29 is 17.9 Å². The Morgan fingerprint density at radius 3 is 2.31 bits per heavy atom. The summed E-state index contributed by atoms with van der Waals surface area (Å²) < 4.78 is 31.7. The van der Waals surface area contributed by atoms with Crippen molar-refractivity contribution in [3.63, 3.8) is 0 Å². The molecule has 1 saturated heterocycles. The van der Waals surface area contributed by atoms with Gasteiger partial charge in [0.2, 0.25) is 10.0 Å². The molecule has 0 bridgehead atoms. The Kier molecular flexibility index (Phi) is 6.41. The minimum Gasteiger partial charge on any atom is -0.378 e. The number of carbonyl (C=O) groups excluding carboxylic acids is 1. The number of nitrogens with zero attached hydrogens (tertiary/aromatic N) is 3. The molecule has 0 saturated carbocycles. The SMILES string of the molecule is CN(C(=O)Nc1cc(S(=O)(=O)N(C)C)ccc1N1CCOCC1)c1ccccc1. The Bertz CT molecular complexity index is 958. The summed E-state index contributed by atoms with van der Waals surface area (Å²) in [7, 11) is 0.994. The minimum absolute atomic E-state index is 0.122. The van der Waals surface area contributed by atoms with Crippen LogP contribution in [0, 0.1) is 0 Å². The van der Waals surface area contributed by atoms with Crippen molar-refractivity contribution in [2.75, 3.05) is 62.6 Å². The quantitative estimate of drug-likeness (QED) is 0.807. The fourth-order valence-corrected chi connectivity index (χ4v) is 3.96. The number of benzene rings is 2. The maximum absolute atomic E-state index is 12.9. The molecule has 1 N–H and O–H groups in total. The van der Waals surface area contributed by atoms with Crippen LogP contribution in [0.15, 0.2) is 53.4 Å². The zero-order chi connectivity index (χ0) is 21.0. The normalized spacial score (nSPS) is 14.7. The van der Waals surface area contributed by atoms with Gasteiger partial charge in [-0.05, 0) is 30.3 Å². The predicted molar refractivity (Wildman–Crippen MR) is 114 cm³/mol. The molecular weight excluding hydrogens is 392 g/mol. The van der Waals surface area contributed by atoms with Crippen LogP contribution in [0.2, 0.25) is 0 Å². The first-order chi connectivity index (χ1) is 13.8. The van der Waals surface area contributed by atoms with E-state index in [0.717, 1.165) is 15.7 Å². The number of urea groups is 1. The van der Waals surface area contributed by atoms with E-state index in [1.807, 2.05) is 30.3 Å². The number of morpholine rings is 1. The van der Waals surface area contributed by atoms with Crippen molar-refractivity contribution in [2.24, 2.45) is 0 Å². The molecule has 0 radical (unpaired) electrons. The molecule has 2 amide bonds. The molecule has 2 aromatic rings. The van der Waals surface area contributed by atoms with E-state index in [2.05, 4.69) is 10.2 Å². The third-order valence-electron chi connectivity index (χ3n) is 4.79. The van der Waals surface area contributed by atoms with E-state index in [9.17, 15) is 13.2 Å². The summed E-state index contributed by atoms with van der Waals surface area (Å²) in [5.41, 5.74) is 1.94. The van der Waals surface area contributed by atoms with Crippen molar-refractivity contribution in [3.8, 4) is 0 Å². The number of anilines is 3. The summed E-state index contributed by atoms with van der Waals surface area (Å²) in [4.78, 5) is 16.5. The van der Waals surface area contributed by atoms with E-state index in [-0.39, 0.29) is 10.9 Å². The molecule has 1 fully saturated rings.